The maximum Gasteiger partial charge on any atom is 0.312 e. The highest BCUT2D eigenvalue weighted by molar-refractivity contribution is 5.96. The molecule has 5 aliphatic rings. The average Bonchev–Trinajstić information content (AvgIpc) is 2.85. The van der Waals surface area contributed by atoms with Crippen molar-refractivity contribution in [3.05, 3.63) is 11.6 Å². The molecule has 5 rings (SSSR count). The molecule has 0 aromatic heterocycles. The first-order valence-corrected chi connectivity index (χ1v) is 14.5. The molecule has 4 saturated carbocycles. The molecule has 37 heavy (non-hydrogen) atoms. The van der Waals surface area contributed by atoms with Gasteiger partial charge in [0, 0.05) is 11.3 Å². The van der Waals surface area contributed by atoms with Crippen LogP contribution in [-0.4, -0.2) is 53.0 Å². The first-order valence-electron chi connectivity index (χ1n) is 14.5. The van der Waals surface area contributed by atoms with Crippen molar-refractivity contribution in [1.29, 1.82) is 0 Å². The van der Waals surface area contributed by atoms with Crippen molar-refractivity contribution in [3.63, 3.8) is 0 Å². The Labute approximate surface area is 222 Å². The number of rotatable bonds is 2. The summed E-state index contributed by atoms with van der Waals surface area (Å²) in [6.45, 7) is 12.9. The van der Waals surface area contributed by atoms with Gasteiger partial charge in [-0.1, -0.05) is 47.1 Å². The number of carbonyl (C=O) groups is 2. The van der Waals surface area contributed by atoms with Gasteiger partial charge in [0.2, 0.25) is 0 Å². The minimum absolute atomic E-state index is 0.0174. The Morgan fingerprint density at radius 2 is 1.73 bits per heavy atom. The Morgan fingerprint density at radius 1 is 1.05 bits per heavy atom. The second-order valence-corrected chi connectivity index (χ2v) is 14.7. The van der Waals surface area contributed by atoms with E-state index >= 15 is 0 Å². The third-order valence-electron chi connectivity index (χ3n) is 13.4. The van der Waals surface area contributed by atoms with Crippen molar-refractivity contribution in [2.45, 2.75) is 98.7 Å². The predicted molar refractivity (Wildman–Crippen MR) is 140 cm³/mol. The summed E-state index contributed by atoms with van der Waals surface area (Å²) in [5.41, 5.74) is -1.44. The lowest BCUT2D eigenvalue weighted by Crippen LogP contribution is -2.70. The number of aliphatic hydroxyl groups is 3. The SMILES string of the molecule is COC(=O)[C@]12CCC(C)[C@H](C)[C@H]1C1=CC(=O)C3[C@@]4(C)CC(O)[C@H](O)[C@@](C)(CO)C4CC[C@@]3(C)[C@@]1(C)CC2. The van der Waals surface area contributed by atoms with Crippen LogP contribution in [0, 0.1) is 56.7 Å². The van der Waals surface area contributed by atoms with Crippen molar-refractivity contribution < 1.29 is 29.6 Å². The molecule has 0 aliphatic heterocycles. The molecule has 0 aromatic rings. The third kappa shape index (κ3) is 3.15. The molecule has 0 heterocycles. The second kappa shape index (κ2) is 8.38. The molecular formula is C31H48O6. The molecule has 0 amide bonds. The van der Waals surface area contributed by atoms with E-state index in [1.165, 1.54) is 7.11 Å². The van der Waals surface area contributed by atoms with E-state index in [9.17, 15) is 24.9 Å². The summed E-state index contributed by atoms with van der Waals surface area (Å²) in [6.07, 6.45) is 5.25. The lowest BCUT2D eigenvalue weighted by atomic mass is 9.33. The minimum atomic E-state index is -1.01. The quantitative estimate of drug-likeness (QED) is 0.473. The lowest BCUT2D eigenvalue weighted by Gasteiger charge is -2.71. The topological polar surface area (TPSA) is 104 Å². The number of esters is 1. The van der Waals surface area contributed by atoms with E-state index in [4.69, 9.17) is 4.74 Å². The number of aliphatic hydroxyl groups excluding tert-OH is 3. The Morgan fingerprint density at radius 3 is 2.35 bits per heavy atom. The highest BCUT2D eigenvalue weighted by atomic mass is 16.5. The molecule has 6 nitrogen and oxygen atoms in total. The Balaban J connectivity index is 1.67. The van der Waals surface area contributed by atoms with E-state index < -0.39 is 28.5 Å². The number of ketones is 1. The molecule has 4 unspecified atom stereocenters. The number of hydrogen-bond donors (Lipinski definition) is 3. The van der Waals surface area contributed by atoms with Gasteiger partial charge in [0.25, 0.3) is 0 Å². The Hall–Kier alpha value is -1.24. The van der Waals surface area contributed by atoms with Gasteiger partial charge < -0.3 is 20.1 Å². The normalized spacial score (nSPS) is 55.2. The van der Waals surface area contributed by atoms with Gasteiger partial charge in [-0.15, -0.1) is 0 Å². The minimum Gasteiger partial charge on any atom is -0.469 e. The van der Waals surface area contributed by atoms with Gasteiger partial charge in [-0.25, -0.2) is 0 Å². The fraction of sp³-hybridized carbons (Fsp3) is 0.871. The van der Waals surface area contributed by atoms with Gasteiger partial charge in [-0.3, -0.25) is 9.59 Å². The van der Waals surface area contributed by atoms with Crippen LogP contribution in [0.2, 0.25) is 0 Å². The van der Waals surface area contributed by atoms with E-state index in [1.54, 1.807) is 0 Å². The zero-order chi connectivity index (χ0) is 27.3. The van der Waals surface area contributed by atoms with Gasteiger partial charge in [0.1, 0.15) is 0 Å². The smallest absolute Gasteiger partial charge is 0.312 e. The Bertz CT molecular complexity index is 1020. The summed E-state index contributed by atoms with van der Waals surface area (Å²) >= 11 is 0. The number of carbonyl (C=O) groups excluding carboxylic acids is 2. The molecule has 0 aromatic carbocycles. The van der Waals surface area contributed by atoms with Crippen LogP contribution in [-0.2, 0) is 14.3 Å². The highest BCUT2D eigenvalue weighted by Crippen LogP contribution is 2.75. The molecule has 3 N–H and O–H groups in total. The monoisotopic (exact) mass is 516 g/mol. The number of methoxy groups -OCH3 is 1. The maximum atomic E-state index is 14.4. The van der Waals surface area contributed by atoms with Crippen molar-refractivity contribution in [1.82, 2.24) is 0 Å². The maximum absolute atomic E-state index is 14.4. The standard InChI is InChI=1S/C31H48O6/c1-17-8-11-31(26(36)37-7)13-12-29(5)19(23(31)18(17)2)14-20(33)24-27(3)15-21(34)25(35)28(4,16-32)22(27)9-10-30(24,29)6/h14,17-18,21-25,32,34-35H,8-13,15-16H2,1-7H3/t17?,18-,21?,22?,23-,24?,25-,27-,28-,29-,30+,31-/m0/s1. The van der Waals surface area contributed by atoms with Gasteiger partial charge in [0.15, 0.2) is 5.78 Å². The van der Waals surface area contributed by atoms with Crippen molar-refractivity contribution in [3.8, 4) is 0 Å². The molecular weight excluding hydrogens is 468 g/mol. The fourth-order valence-electron chi connectivity index (χ4n) is 11.0. The summed E-state index contributed by atoms with van der Waals surface area (Å²) in [5.74, 6) is 0.284. The number of fused-ring (bicyclic) bond motifs is 7. The van der Waals surface area contributed by atoms with Gasteiger partial charge >= 0.3 is 5.97 Å². The number of hydrogen-bond acceptors (Lipinski definition) is 6. The molecule has 0 spiro atoms. The van der Waals surface area contributed by atoms with Crippen LogP contribution in [0.4, 0.5) is 0 Å². The van der Waals surface area contributed by atoms with E-state index in [0.717, 1.165) is 44.1 Å². The highest BCUT2D eigenvalue weighted by Gasteiger charge is 2.72. The summed E-state index contributed by atoms with van der Waals surface area (Å²) in [6, 6.07) is 0. The van der Waals surface area contributed by atoms with Gasteiger partial charge in [-0.05, 0) is 90.9 Å². The van der Waals surface area contributed by atoms with Crippen molar-refractivity contribution in [2.75, 3.05) is 13.7 Å². The summed E-state index contributed by atoms with van der Waals surface area (Å²) in [4.78, 5) is 27.8. The van der Waals surface area contributed by atoms with Crippen LogP contribution in [0.5, 0.6) is 0 Å². The van der Waals surface area contributed by atoms with Gasteiger partial charge in [-0.2, -0.15) is 0 Å². The van der Waals surface area contributed by atoms with E-state index in [0.29, 0.717) is 12.3 Å². The summed E-state index contributed by atoms with van der Waals surface area (Å²) in [7, 11) is 1.49. The first-order chi connectivity index (χ1) is 17.2. The molecule has 0 radical (unpaired) electrons. The van der Waals surface area contributed by atoms with E-state index in [2.05, 4.69) is 34.6 Å². The van der Waals surface area contributed by atoms with Crippen molar-refractivity contribution in [2.24, 2.45) is 56.7 Å². The number of ether oxygens (including phenoxy) is 1. The van der Waals surface area contributed by atoms with E-state index in [-0.39, 0.29) is 52.9 Å². The van der Waals surface area contributed by atoms with Gasteiger partial charge in [0.05, 0.1) is 31.3 Å². The van der Waals surface area contributed by atoms with Crippen LogP contribution in [0.1, 0.15) is 86.5 Å². The molecule has 0 saturated heterocycles. The average molecular weight is 517 g/mol. The van der Waals surface area contributed by atoms with E-state index in [1.807, 2.05) is 13.0 Å². The van der Waals surface area contributed by atoms with Crippen molar-refractivity contribution >= 4 is 11.8 Å². The molecule has 12 atom stereocenters. The lowest BCUT2D eigenvalue weighted by molar-refractivity contribution is -0.239. The first kappa shape index (κ1) is 27.3. The zero-order valence-corrected chi connectivity index (χ0v) is 23.8. The molecule has 0 bridgehead atoms. The summed E-state index contributed by atoms with van der Waals surface area (Å²) < 4.78 is 5.42. The van der Waals surface area contributed by atoms with Crippen LogP contribution >= 0.6 is 0 Å². The molecule has 4 fully saturated rings. The van der Waals surface area contributed by atoms with Crippen LogP contribution in [0.25, 0.3) is 0 Å². The van der Waals surface area contributed by atoms with Crippen LogP contribution in [0.15, 0.2) is 11.6 Å². The predicted octanol–water partition coefficient (Wildman–Crippen LogP) is 4.30. The molecule has 5 aliphatic carbocycles. The Kier molecular flexibility index (Phi) is 6.19. The van der Waals surface area contributed by atoms with Crippen LogP contribution in [0.3, 0.4) is 0 Å². The largest absolute Gasteiger partial charge is 0.469 e. The third-order valence-corrected chi connectivity index (χ3v) is 13.4. The fourth-order valence-corrected chi connectivity index (χ4v) is 11.0. The number of allylic oxidation sites excluding steroid dienone is 2. The van der Waals surface area contributed by atoms with Crippen LogP contribution < -0.4 is 0 Å². The summed E-state index contributed by atoms with van der Waals surface area (Å²) in [5, 5.41) is 32.4. The zero-order valence-electron chi connectivity index (χ0n) is 23.8. The molecule has 6 heteroatoms. The molecule has 208 valence electrons. The second-order valence-electron chi connectivity index (χ2n) is 14.7.